The zero-order valence-corrected chi connectivity index (χ0v) is 17.3. The molecule has 136 valence electrons. The first-order valence-electron chi connectivity index (χ1n) is 9.59. The van der Waals surface area contributed by atoms with Crippen LogP contribution >= 0.6 is 0 Å². The molecule has 1 nitrogen and oxygen atoms in total. The largest absolute Gasteiger partial charge is 0.537 e. The average Bonchev–Trinajstić information content (AvgIpc) is 3.09. The van der Waals surface area contributed by atoms with E-state index in [-0.39, 0.29) is 5.04 Å². The van der Waals surface area contributed by atoms with Gasteiger partial charge in [0.25, 0.3) is 0 Å². The van der Waals surface area contributed by atoms with Crippen LogP contribution in [-0.4, -0.2) is 8.32 Å². The Morgan fingerprint density at radius 1 is 0.704 bits per heavy atom. The molecule has 0 spiro atoms. The van der Waals surface area contributed by atoms with Gasteiger partial charge in [-0.15, -0.1) is 0 Å². The summed E-state index contributed by atoms with van der Waals surface area (Å²) in [7, 11) is -2.52. The lowest BCUT2D eigenvalue weighted by atomic mass is 10.1. The second kappa shape index (κ2) is 6.86. The summed E-state index contributed by atoms with van der Waals surface area (Å²) in [4.78, 5) is 0. The van der Waals surface area contributed by atoms with Gasteiger partial charge >= 0.3 is 8.32 Å². The highest BCUT2D eigenvalue weighted by Crippen LogP contribution is 2.40. The highest BCUT2D eigenvalue weighted by molar-refractivity contribution is 6.99. The Morgan fingerprint density at radius 3 is 1.74 bits per heavy atom. The molecule has 1 aliphatic carbocycles. The number of hydrogen-bond acceptors (Lipinski definition) is 1. The van der Waals surface area contributed by atoms with E-state index < -0.39 is 8.32 Å². The second-order valence-electron chi connectivity index (χ2n) is 8.25. The molecule has 3 aromatic carbocycles. The summed E-state index contributed by atoms with van der Waals surface area (Å²) >= 11 is 0. The van der Waals surface area contributed by atoms with E-state index in [2.05, 4.69) is 112 Å². The predicted molar refractivity (Wildman–Crippen MR) is 117 cm³/mol. The van der Waals surface area contributed by atoms with E-state index in [9.17, 15) is 0 Å². The summed E-state index contributed by atoms with van der Waals surface area (Å²) in [5, 5.41) is 2.63. The maximum absolute atomic E-state index is 7.12. The zero-order chi connectivity index (χ0) is 18.9. The fourth-order valence-corrected chi connectivity index (χ4v) is 8.62. The molecule has 0 fully saturated rings. The van der Waals surface area contributed by atoms with Crippen molar-refractivity contribution in [3.05, 3.63) is 102 Å². The van der Waals surface area contributed by atoms with Crippen LogP contribution < -0.4 is 10.4 Å². The maximum atomic E-state index is 7.12. The molecule has 0 heterocycles. The molecule has 0 bridgehead atoms. The lowest BCUT2D eigenvalue weighted by Crippen LogP contribution is -2.66. The molecule has 0 amide bonds. The predicted octanol–water partition coefficient (Wildman–Crippen LogP) is 5.16. The molecule has 0 saturated carbocycles. The molecule has 3 aromatic rings. The molecular weight excluding hydrogens is 344 g/mol. The molecule has 0 aromatic heterocycles. The normalized spacial score (nSPS) is 13.8. The quantitative estimate of drug-likeness (QED) is 0.576. The SMILES string of the molecule is CC(C)(C)[Si](OC1=Cc2ccccc2C1)(c1ccccc1)c1ccccc1. The van der Waals surface area contributed by atoms with E-state index >= 15 is 0 Å². The molecule has 0 aliphatic heterocycles. The highest BCUT2D eigenvalue weighted by Gasteiger charge is 2.52. The third-order valence-electron chi connectivity index (χ3n) is 5.44. The average molecular weight is 371 g/mol. The summed E-state index contributed by atoms with van der Waals surface area (Å²) in [6, 6.07) is 30.3. The van der Waals surface area contributed by atoms with Gasteiger partial charge in [-0.3, -0.25) is 0 Å². The minimum Gasteiger partial charge on any atom is -0.537 e. The summed E-state index contributed by atoms with van der Waals surface area (Å²) in [6.07, 6.45) is 3.11. The minimum atomic E-state index is -2.52. The van der Waals surface area contributed by atoms with Crippen LogP contribution in [0, 0.1) is 0 Å². The van der Waals surface area contributed by atoms with E-state index in [4.69, 9.17) is 4.43 Å². The van der Waals surface area contributed by atoms with Crippen LogP contribution in [0.15, 0.2) is 90.7 Å². The van der Waals surface area contributed by atoms with Crippen LogP contribution in [0.5, 0.6) is 0 Å². The Labute approximate surface area is 163 Å². The molecule has 0 saturated heterocycles. The molecule has 1 aliphatic rings. The van der Waals surface area contributed by atoms with Crippen LogP contribution in [0.2, 0.25) is 5.04 Å². The van der Waals surface area contributed by atoms with Gasteiger partial charge in [-0.1, -0.05) is 106 Å². The van der Waals surface area contributed by atoms with Crippen molar-refractivity contribution in [3.8, 4) is 0 Å². The Hall–Kier alpha value is -2.58. The van der Waals surface area contributed by atoms with Gasteiger partial charge in [-0.25, -0.2) is 0 Å². The molecular formula is C25H26OSi. The Morgan fingerprint density at radius 2 is 1.22 bits per heavy atom. The van der Waals surface area contributed by atoms with E-state index in [0.717, 1.165) is 12.2 Å². The Kier molecular flexibility index (Phi) is 4.53. The van der Waals surface area contributed by atoms with Crippen LogP contribution in [0.3, 0.4) is 0 Å². The lowest BCUT2D eigenvalue weighted by Gasteiger charge is -2.43. The topological polar surface area (TPSA) is 9.23 Å². The Balaban J connectivity index is 1.87. The molecule has 0 N–H and O–H groups in total. The fourth-order valence-electron chi connectivity index (χ4n) is 4.16. The summed E-state index contributed by atoms with van der Waals surface area (Å²) in [6.45, 7) is 6.96. The maximum Gasteiger partial charge on any atom is 0.319 e. The van der Waals surface area contributed by atoms with Crippen molar-refractivity contribution >= 4 is 24.8 Å². The third-order valence-corrected chi connectivity index (χ3v) is 10.4. The van der Waals surface area contributed by atoms with E-state index in [1.807, 2.05) is 0 Å². The molecule has 0 unspecified atom stereocenters. The van der Waals surface area contributed by atoms with E-state index in [1.54, 1.807) is 0 Å². The summed E-state index contributed by atoms with van der Waals surface area (Å²) in [5.41, 5.74) is 2.64. The van der Waals surface area contributed by atoms with Crippen LogP contribution in [0.4, 0.5) is 0 Å². The number of fused-ring (bicyclic) bond motifs is 1. The third kappa shape index (κ3) is 3.15. The molecule has 0 radical (unpaired) electrons. The smallest absolute Gasteiger partial charge is 0.319 e. The summed E-state index contributed by atoms with van der Waals surface area (Å²) in [5.74, 6) is 1.09. The first kappa shape index (κ1) is 17.8. The first-order valence-corrected chi connectivity index (χ1v) is 11.5. The van der Waals surface area contributed by atoms with E-state index in [0.29, 0.717) is 0 Å². The monoisotopic (exact) mass is 370 g/mol. The van der Waals surface area contributed by atoms with Gasteiger partial charge in [0.1, 0.15) is 0 Å². The van der Waals surface area contributed by atoms with E-state index in [1.165, 1.54) is 21.5 Å². The van der Waals surface area contributed by atoms with Crippen molar-refractivity contribution in [3.63, 3.8) is 0 Å². The van der Waals surface area contributed by atoms with Crippen molar-refractivity contribution < 1.29 is 4.43 Å². The zero-order valence-electron chi connectivity index (χ0n) is 16.3. The summed E-state index contributed by atoms with van der Waals surface area (Å²) < 4.78 is 7.12. The molecule has 2 heteroatoms. The van der Waals surface area contributed by atoms with Crippen LogP contribution in [-0.2, 0) is 10.8 Å². The van der Waals surface area contributed by atoms with Gasteiger partial charge in [0.05, 0.1) is 5.76 Å². The van der Waals surface area contributed by atoms with Gasteiger partial charge in [0, 0.05) is 6.42 Å². The van der Waals surface area contributed by atoms with Crippen molar-refractivity contribution in [2.45, 2.75) is 32.2 Å². The van der Waals surface area contributed by atoms with Gasteiger partial charge in [-0.05, 0) is 32.6 Å². The number of hydrogen-bond donors (Lipinski definition) is 0. The second-order valence-corrected chi connectivity index (χ2v) is 12.5. The number of benzene rings is 3. The number of allylic oxidation sites excluding steroid dienone is 1. The first-order chi connectivity index (χ1) is 13.0. The van der Waals surface area contributed by atoms with Gasteiger partial charge in [0.2, 0.25) is 0 Å². The minimum absolute atomic E-state index is 0.00861. The van der Waals surface area contributed by atoms with Crippen molar-refractivity contribution in [2.75, 3.05) is 0 Å². The van der Waals surface area contributed by atoms with Crippen molar-refractivity contribution in [2.24, 2.45) is 0 Å². The molecule has 0 atom stereocenters. The van der Waals surface area contributed by atoms with Gasteiger partial charge in [0.15, 0.2) is 0 Å². The van der Waals surface area contributed by atoms with Crippen LogP contribution in [0.25, 0.3) is 6.08 Å². The highest BCUT2D eigenvalue weighted by atomic mass is 28.4. The standard InChI is InChI=1S/C25H26OSi/c1-25(2,3)27(23-14-6-4-7-15-23,24-16-8-5-9-17-24)26-22-18-20-12-10-11-13-21(20)19-22/h4-18H,19H2,1-3H3. The van der Waals surface area contributed by atoms with Crippen LogP contribution in [0.1, 0.15) is 31.9 Å². The Bertz CT molecular complexity index is 913. The van der Waals surface area contributed by atoms with Crippen molar-refractivity contribution in [1.29, 1.82) is 0 Å². The van der Waals surface area contributed by atoms with Gasteiger partial charge in [-0.2, -0.15) is 0 Å². The molecule has 27 heavy (non-hydrogen) atoms. The molecule has 4 rings (SSSR count). The lowest BCUT2D eigenvalue weighted by molar-refractivity contribution is 0.394. The van der Waals surface area contributed by atoms with Crippen molar-refractivity contribution in [1.82, 2.24) is 0 Å². The number of rotatable bonds is 4. The fraction of sp³-hybridized carbons (Fsp3) is 0.200. The van der Waals surface area contributed by atoms with Gasteiger partial charge < -0.3 is 4.43 Å².